The molecule has 1 aliphatic rings. The number of carbonyl (C=O) groups excluding carboxylic acids is 2. The highest BCUT2D eigenvalue weighted by Gasteiger charge is 2.26. The molecule has 0 spiro atoms. The van der Waals surface area contributed by atoms with E-state index in [-0.39, 0.29) is 5.91 Å². The second-order valence-electron chi connectivity index (χ2n) is 6.46. The summed E-state index contributed by atoms with van der Waals surface area (Å²) in [6.45, 7) is 2.81. The van der Waals surface area contributed by atoms with Gasteiger partial charge in [-0.25, -0.2) is 4.79 Å². The fourth-order valence-corrected chi connectivity index (χ4v) is 3.08. The van der Waals surface area contributed by atoms with Gasteiger partial charge in [0.15, 0.2) is 6.10 Å². The van der Waals surface area contributed by atoms with Crippen LogP contribution in [-0.4, -0.2) is 36.5 Å². The number of hydrogen-bond donors (Lipinski definition) is 0. The Morgan fingerprint density at radius 3 is 2.48 bits per heavy atom. The number of hydrogen-bond acceptors (Lipinski definition) is 4. The summed E-state index contributed by atoms with van der Waals surface area (Å²) in [5, 5.41) is 0. The highest BCUT2D eigenvalue weighted by molar-refractivity contribution is 5.90. The molecule has 0 saturated heterocycles. The van der Waals surface area contributed by atoms with Crippen molar-refractivity contribution in [2.75, 3.05) is 13.7 Å². The molecule has 5 heteroatoms. The number of rotatable bonds is 5. The number of nitrogens with zero attached hydrogens (tertiary/aromatic N) is 1. The first-order valence-corrected chi connectivity index (χ1v) is 8.95. The lowest BCUT2D eigenvalue weighted by Crippen LogP contribution is -2.42. The van der Waals surface area contributed by atoms with Crippen LogP contribution in [-0.2, 0) is 27.3 Å². The SMILES string of the molecule is COc1ccc(/C=C/C(=O)O[C@@H](C)C(=O)N2CCc3ccccc3C2)cc1. The quantitative estimate of drug-likeness (QED) is 0.603. The second-order valence-corrected chi connectivity index (χ2v) is 6.46. The molecule has 0 unspecified atom stereocenters. The largest absolute Gasteiger partial charge is 0.497 e. The van der Waals surface area contributed by atoms with Gasteiger partial charge in [-0.05, 0) is 48.2 Å². The van der Waals surface area contributed by atoms with Crippen LogP contribution >= 0.6 is 0 Å². The van der Waals surface area contributed by atoms with E-state index >= 15 is 0 Å². The summed E-state index contributed by atoms with van der Waals surface area (Å²) in [7, 11) is 1.60. The standard InChI is InChI=1S/C22H23NO4/c1-16(22(25)23-14-13-18-5-3-4-6-19(18)15-23)27-21(24)12-9-17-7-10-20(26-2)11-8-17/h3-12,16H,13-15H2,1-2H3/b12-9+/t16-/m0/s1. The summed E-state index contributed by atoms with van der Waals surface area (Å²) in [6.07, 6.45) is 2.98. The Morgan fingerprint density at radius 1 is 1.07 bits per heavy atom. The van der Waals surface area contributed by atoms with Gasteiger partial charge in [-0.2, -0.15) is 0 Å². The van der Waals surface area contributed by atoms with Crippen LogP contribution in [0.4, 0.5) is 0 Å². The average Bonchev–Trinajstić information content (AvgIpc) is 2.71. The average molecular weight is 365 g/mol. The van der Waals surface area contributed by atoms with Gasteiger partial charge < -0.3 is 14.4 Å². The predicted octanol–water partition coefficient (Wildman–Crippen LogP) is 3.23. The maximum atomic E-state index is 12.6. The number of ether oxygens (including phenoxy) is 2. The Balaban J connectivity index is 1.54. The van der Waals surface area contributed by atoms with E-state index in [0.717, 1.165) is 23.3 Å². The molecule has 0 aromatic heterocycles. The topological polar surface area (TPSA) is 55.8 Å². The van der Waals surface area contributed by atoms with Crippen molar-refractivity contribution in [3.05, 3.63) is 71.3 Å². The van der Waals surface area contributed by atoms with Crippen molar-refractivity contribution in [1.82, 2.24) is 4.90 Å². The molecule has 1 amide bonds. The van der Waals surface area contributed by atoms with Crippen LogP contribution in [0, 0.1) is 0 Å². The molecular formula is C22H23NO4. The van der Waals surface area contributed by atoms with E-state index < -0.39 is 12.1 Å². The van der Waals surface area contributed by atoms with Crippen LogP contribution in [0.15, 0.2) is 54.6 Å². The van der Waals surface area contributed by atoms with Crippen molar-refractivity contribution in [2.24, 2.45) is 0 Å². The van der Waals surface area contributed by atoms with Gasteiger partial charge in [0, 0.05) is 19.2 Å². The molecule has 5 nitrogen and oxygen atoms in total. The van der Waals surface area contributed by atoms with Crippen molar-refractivity contribution in [3.8, 4) is 5.75 Å². The number of fused-ring (bicyclic) bond motifs is 1. The number of carbonyl (C=O) groups is 2. The summed E-state index contributed by atoms with van der Waals surface area (Å²) in [6, 6.07) is 15.4. The Hall–Kier alpha value is -3.08. The molecule has 0 aliphatic carbocycles. The molecule has 0 fully saturated rings. The van der Waals surface area contributed by atoms with Gasteiger partial charge in [-0.1, -0.05) is 36.4 Å². The summed E-state index contributed by atoms with van der Waals surface area (Å²) >= 11 is 0. The van der Waals surface area contributed by atoms with Gasteiger partial charge in [0.25, 0.3) is 5.91 Å². The minimum absolute atomic E-state index is 0.171. The smallest absolute Gasteiger partial charge is 0.331 e. The molecule has 1 aliphatic heterocycles. The molecule has 0 radical (unpaired) electrons. The van der Waals surface area contributed by atoms with Crippen LogP contribution in [0.1, 0.15) is 23.6 Å². The molecule has 140 valence electrons. The summed E-state index contributed by atoms with van der Waals surface area (Å²) in [5.41, 5.74) is 3.27. The van der Waals surface area contributed by atoms with Gasteiger partial charge in [0.1, 0.15) is 5.75 Å². The minimum atomic E-state index is -0.816. The van der Waals surface area contributed by atoms with E-state index in [4.69, 9.17) is 9.47 Å². The molecule has 0 saturated carbocycles. The van der Waals surface area contributed by atoms with E-state index in [2.05, 4.69) is 6.07 Å². The lowest BCUT2D eigenvalue weighted by Gasteiger charge is -2.30. The first kappa shape index (κ1) is 18.7. The fraction of sp³-hybridized carbons (Fsp3) is 0.273. The van der Waals surface area contributed by atoms with Gasteiger partial charge in [-0.15, -0.1) is 0 Å². The van der Waals surface area contributed by atoms with Crippen molar-refractivity contribution in [1.29, 1.82) is 0 Å². The fourth-order valence-electron chi connectivity index (χ4n) is 3.08. The Labute approximate surface area is 159 Å². The molecule has 2 aromatic carbocycles. The highest BCUT2D eigenvalue weighted by Crippen LogP contribution is 2.19. The number of methoxy groups -OCH3 is 1. The summed E-state index contributed by atoms with van der Waals surface area (Å²) in [5.74, 6) is 0.0387. The Kier molecular flexibility index (Phi) is 5.91. The lowest BCUT2D eigenvalue weighted by atomic mass is 9.99. The van der Waals surface area contributed by atoms with E-state index in [0.29, 0.717) is 13.1 Å². The Bertz CT molecular complexity index is 842. The van der Waals surface area contributed by atoms with Crippen LogP contribution < -0.4 is 4.74 Å². The zero-order valence-corrected chi connectivity index (χ0v) is 15.6. The maximum Gasteiger partial charge on any atom is 0.331 e. The minimum Gasteiger partial charge on any atom is -0.497 e. The van der Waals surface area contributed by atoms with Crippen LogP contribution in [0.3, 0.4) is 0 Å². The first-order valence-electron chi connectivity index (χ1n) is 8.95. The number of esters is 1. The highest BCUT2D eigenvalue weighted by atomic mass is 16.5. The summed E-state index contributed by atoms with van der Waals surface area (Å²) < 4.78 is 10.4. The number of amides is 1. The molecule has 0 bridgehead atoms. The van der Waals surface area contributed by atoms with E-state index in [1.54, 1.807) is 25.0 Å². The third kappa shape index (κ3) is 4.76. The molecule has 1 heterocycles. The van der Waals surface area contributed by atoms with Crippen LogP contribution in [0.25, 0.3) is 6.08 Å². The van der Waals surface area contributed by atoms with Crippen molar-refractivity contribution < 1.29 is 19.1 Å². The molecule has 0 N–H and O–H groups in total. The van der Waals surface area contributed by atoms with Gasteiger partial charge in [0.05, 0.1) is 7.11 Å². The monoisotopic (exact) mass is 365 g/mol. The first-order chi connectivity index (χ1) is 13.1. The number of benzene rings is 2. The second kappa shape index (κ2) is 8.54. The van der Waals surface area contributed by atoms with Gasteiger partial charge >= 0.3 is 5.97 Å². The summed E-state index contributed by atoms with van der Waals surface area (Å²) in [4.78, 5) is 26.4. The maximum absolute atomic E-state index is 12.6. The normalized spacial score (nSPS) is 14.5. The molecule has 2 aromatic rings. The molecule has 3 rings (SSSR count). The lowest BCUT2D eigenvalue weighted by molar-refractivity contribution is -0.155. The third-order valence-electron chi connectivity index (χ3n) is 4.61. The van der Waals surface area contributed by atoms with E-state index in [1.165, 1.54) is 11.6 Å². The van der Waals surface area contributed by atoms with Gasteiger partial charge in [0.2, 0.25) is 0 Å². The molecule has 27 heavy (non-hydrogen) atoms. The predicted molar refractivity (Wildman–Crippen MR) is 103 cm³/mol. The van der Waals surface area contributed by atoms with E-state index in [9.17, 15) is 9.59 Å². The van der Waals surface area contributed by atoms with Crippen molar-refractivity contribution >= 4 is 18.0 Å². The van der Waals surface area contributed by atoms with Crippen molar-refractivity contribution in [2.45, 2.75) is 26.0 Å². The van der Waals surface area contributed by atoms with Gasteiger partial charge in [-0.3, -0.25) is 4.79 Å². The third-order valence-corrected chi connectivity index (χ3v) is 4.61. The van der Waals surface area contributed by atoms with Crippen molar-refractivity contribution in [3.63, 3.8) is 0 Å². The van der Waals surface area contributed by atoms with E-state index in [1.807, 2.05) is 42.5 Å². The zero-order valence-electron chi connectivity index (χ0n) is 15.6. The van der Waals surface area contributed by atoms with Crippen LogP contribution in [0.5, 0.6) is 5.75 Å². The molecule has 1 atom stereocenters. The molecular weight excluding hydrogens is 342 g/mol. The zero-order chi connectivity index (χ0) is 19.2. The van der Waals surface area contributed by atoms with Crippen LogP contribution in [0.2, 0.25) is 0 Å². The Morgan fingerprint density at radius 2 is 1.78 bits per heavy atom.